The molecule has 2 fully saturated rings. The molecular weight excluding hydrogens is 428 g/mol. The molecule has 178 valence electrons. The van der Waals surface area contributed by atoms with Gasteiger partial charge in [-0.05, 0) is 49.7 Å². The van der Waals surface area contributed by atoms with Crippen LogP contribution in [0.25, 0.3) is 11.3 Å². The fourth-order valence-electron chi connectivity index (χ4n) is 4.95. The van der Waals surface area contributed by atoms with Crippen molar-refractivity contribution in [3.05, 3.63) is 41.6 Å². The number of amides is 2. The lowest BCUT2D eigenvalue weighted by molar-refractivity contribution is -0.130. The normalized spacial score (nSPS) is 22.0. The number of rotatable bonds is 6. The molecule has 0 spiro atoms. The van der Waals surface area contributed by atoms with E-state index in [0.717, 1.165) is 44.2 Å². The van der Waals surface area contributed by atoms with Gasteiger partial charge in [0.1, 0.15) is 17.7 Å². The minimum atomic E-state index is -0.797. The van der Waals surface area contributed by atoms with Gasteiger partial charge in [-0.2, -0.15) is 0 Å². The summed E-state index contributed by atoms with van der Waals surface area (Å²) in [6.07, 6.45) is 6.93. The molecule has 4 rings (SSSR count). The lowest BCUT2D eigenvalue weighted by atomic mass is 9.82. The van der Waals surface area contributed by atoms with Gasteiger partial charge in [0.05, 0.1) is 5.56 Å². The highest BCUT2D eigenvalue weighted by Gasteiger charge is 2.41. The van der Waals surface area contributed by atoms with Crippen molar-refractivity contribution >= 4 is 11.8 Å². The summed E-state index contributed by atoms with van der Waals surface area (Å²) < 4.78 is 32.7. The van der Waals surface area contributed by atoms with Crippen molar-refractivity contribution in [1.82, 2.24) is 15.4 Å². The van der Waals surface area contributed by atoms with E-state index in [1.54, 1.807) is 4.90 Å². The Morgan fingerprint density at radius 3 is 2.67 bits per heavy atom. The van der Waals surface area contributed by atoms with E-state index in [1.165, 1.54) is 18.6 Å². The van der Waals surface area contributed by atoms with Gasteiger partial charge in [-0.1, -0.05) is 38.3 Å². The zero-order valence-electron chi connectivity index (χ0n) is 19.2. The van der Waals surface area contributed by atoms with Crippen molar-refractivity contribution in [1.29, 1.82) is 0 Å². The van der Waals surface area contributed by atoms with Crippen LogP contribution in [-0.4, -0.2) is 40.5 Å². The van der Waals surface area contributed by atoms with Crippen molar-refractivity contribution < 1.29 is 22.9 Å². The van der Waals surface area contributed by atoms with Crippen LogP contribution in [0.3, 0.4) is 0 Å². The van der Waals surface area contributed by atoms with E-state index in [-0.39, 0.29) is 29.0 Å². The van der Waals surface area contributed by atoms with Crippen LogP contribution in [0.5, 0.6) is 0 Å². The minimum absolute atomic E-state index is 0.0142. The first-order valence-corrected chi connectivity index (χ1v) is 11.9. The second kappa shape index (κ2) is 10.0. The predicted octanol–water partition coefficient (Wildman–Crippen LogP) is 4.95. The van der Waals surface area contributed by atoms with Crippen molar-refractivity contribution in [3.8, 4) is 11.3 Å². The highest BCUT2D eigenvalue weighted by molar-refractivity contribution is 5.97. The van der Waals surface area contributed by atoms with Gasteiger partial charge >= 0.3 is 0 Å². The molecular formula is C25H31F2N3O3. The monoisotopic (exact) mass is 459 g/mol. The highest BCUT2D eigenvalue weighted by Crippen LogP contribution is 2.31. The molecule has 0 radical (unpaired) electrons. The third-order valence-corrected chi connectivity index (χ3v) is 6.82. The molecule has 2 aromatic rings. The van der Waals surface area contributed by atoms with E-state index in [4.69, 9.17) is 4.52 Å². The summed E-state index contributed by atoms with van der Waals surface area (Å²) in [6.45, 7) is 4.59. The van der Waals surface area contributed by atoms with Crippen LogP contribution >= 0.6 is 0 Å². The number of benzene rings is 1. The first-order chi connectivity index (χ1) is 15.8. The third kappa shape index (κ3) is 5.25. The average molecular weight is 460 g/mol. The van der Waals surface area contributed by atoms with Crippen LogP contribution in [0.4, 0.5) is 8.78 Å². The summed E-state index contributed by atoms with van der Waals surface area (Å²) >= 11 is 0. The Balaban J connectivity index is 1.58. The predicted molar refractivity (Wildman–Crippen MR) is 119 cm³/mol. The van der Waals surface area contributed by atoms with E-state index in [0.29, 0.717) is 24.8 Å². The summed E-state index contributed by atoms with van der Waals surface area (Å²) in [5.74, 6) is -1.24. The van der Waals surface area contributed by atoms with Crippen LogP contribution in [0.2, 0.25) is 0 Å². The number of carbonyl (C=O) groups is 2. The SMILES string of the molecule is CC(C)CCC1C(=O)NC(C2CCCCC2)CN1C(=O)c1cc(-c2ccc(F)cc2F)on1. The smallest absolute Gasteiger partial charge is 0.276 e. The van der Waals surface area contributed by atoms with Crippen molar-refractivity contribution in [2.45, 2.75) is 70.9 Å². The molecule has 6 nitrogen and oxygen atoms in total. The average Bonchev–Trinajstić information content (AvgIpc) is 3.27. The number of carbonyl (C=O) groups excluding carboxylic acids is 2. The first kappa shape index (κ1) is 23.4. The molecule has 1 N–H and O–H groups in total. The summed E-state index contributed by atoms with van der Waals surface area (Å²) in [4.78, 5) is 28.2. The Labute approximate surface area is 192 Å². The number of hydrogen-bond acceptors (Lipinski definition) is 4. The number of piperazine rings is 1. The molecule has 2 atom stereocenters. The molecule has 1 saturated carbocycles. The van der Waals surface area contributed by atoms with E-state index in [1.807, 2.05) is 0 Å². The summed E-state index contributed by atoms with van der Waals surface area (Å²) in [7, 11) is 0. The zero-order chi connectivity index (χ0) is 23.5. The van der Waals surface area contributed by atoms with Gasteiger partial charge in [0, 0.05) is 24.7 Å². The van der Waals surface area contributed by atoms with Gasteiger partial charge in [0.15, 0.2) is 11.5 Å². The van der Waals surface area contributed by atoms with Crippen LogP contribution in [0.15, 0.2) is 28.8 Å². The highest BCUT2D eigenvalue weighted by atomic mass is 19.1. The second-order valence-corrected chi connectivity index (χ2v) is 9.66. The molecule has 2 heterocycles. The fraction of sp³-hybridized carbons (Fsp3) is 0.560. The van der Waals surface area contributed by atoms with Crippen LogP contribution < -0.4 is 5.32 Å². The third-order valence-electron chi connectivity index (χ3n) is 6.82. The number of halogens is 2. The minimum Gasteiger partial charge on any atom is -0.355 e. The van der Waals surface area contributed by atoms with Crippen LogP contribution in [0, 0.1) is 23.5 Å². The van der Waals surface area contributed by atoms with Gasteiger partial charge in [0.25, 0.3) is 5.91 Å². The second-order valence-electron chi connectivity index (χ2n) is 9.66. The maximum absolute atomic E-state index is 14.2. The lowest BCUT2D eigenvalue weighted by Gasteiger charge is -2.43. The Bertz CT molecular complexity index is 1000. The summed E-state index contributed by atoms with van der Waals surface area (Å²) in [6, 6.07) is 3.82. The topological polar surface area (TPSA) is 75.4 Å². The lowest BCUT2D eigenvalue weighted by Crippen LogP contribution is -2.63. The van der Waals surface area contributed by atoms with Crippen LogP contribution in [-0.2, 0) is 4.79 Å². The molecule has 0 bridgehead atoms. The molecule has 1 aromatic heterocycles. The van der Waals surface area contributed by atoms with Crippen LogP contribution in [0.1, 0.15) is 69.3 Å². The number of nitrogens with zero attached hydrogens (tertiary/aromatic N) is 2. The van der Waals surface area contributed by atoms with E-state index in [9.17, 15) is 18.4 Å². The summed E-state index contributed by atoms with van der Waals surface area (Å²) in [5, 5.41) is 7.04. The molecule has 2 amide bonds. The molecule has 1 saturated heterocycles. The summed E-state index contributed by atoms with van der Waals surface area (Å²) in [5.41, 5.74) is 0.0381. The van der Waals surface area contributed by atoms with E-state index >= 15 is 0 Å². The zero-order valence-corrected chi connectivity index (χ0v) is 19.2. The molecule has 2 aliphatic rings. The molecule has 1 aromatic carbocycles. The van der Waals surface area contributed by atoms with Crippen molar-refractivity contribution in [2.24, 2.45) is 11.8 Å². The maximum atomic E-state index is 14.2. The van der Waals surface area contributed by atoms with Crippen molar-refractivity contribution in [2.75, 3.05) is 6.54 Å². The molecule has 33 heavy (non-hydrogen) atoms. The number of nitrogens with one attached hydrogen (secondary N) is 1. The fourth-order valence-corrected chi connectivity index (χ4v) is 4.95. The van der Waals surface area contributed by atoms with Crippen molar-refractivity contribution in [3.63, 3.8) is 0 Å². The standard InChI is InChI=1S/C25H31F2N3O3/c1-15(2)8-11-22-24(31)28-21(16-6-4-3-5-7-16)14-30(22)25(32)20-13-23(33-29-20)18-10-9-17(26)12-19(18)27/h9-10,12-13,15-16,21-22H,3-8,11,14H2,1-2H3,(H,28,31). The van der Waals surface area contributed by atoms with Gasteiger partial charge in [-0.25, -0.2) is 8.78 Å². The molecule has 8 heteroatoms. The Morgan fingerprint density at radius 1 is 1.21 bits per heavy atom. The molecule has 1 aliphatic heterocycles. The van der Waals surface area contributed by atoms with Gasteiger partial charge in [-0.3, -0.25) is 9.59 Å². The van der Waals surface area contributed by atoms with E-state index in [2.05, 4.69) is 24.3 Å². The maximum Gasteiger partial charge on any atom is 0.276 e. The van der Waals surface area contributed by atoms with Gasteiger partial charge in [0.2, 0.25) is 5.91 Å². The molecule has 1 aliphatic carbocycles. The number of hydrogen-bond donors (Lipinski definition) is 1. The van der Waals surface area contributed by atoms with E-state index < -0.39 is 23.6 Å². The number of aromatic nitrogens is 1. The Hall–Kier alpha value is -2.77. The van der Waals surface area contributed by atoms with Gasteiger partial charge in [-0.15, -0.1) is 0 Å². The largest absolute Gasteiger partial charge is 0.355 e. The Morgan fingerprint density at radius 2 is 1.97 bits per heavy atom. The Kier molecular flexibility index (Phi) is 7.10. The molecule has 2 unspecified atom stereocenters. The first-order valence-electron chi connectivity index (χ1n) is 11.9. The quantitative estimate of drug-likeness (QED) is 0.664. The van der Waals surface area contributed by atoms with Gasteiger partial charge < -0.3 is 14.7 Å².